The van der Waals surface area contributed by atoms with Gasteiger partial charge >= 0.3 is 5.97 Å². The number of pyridine rings is 1. The van der Waals surface area contributed by atoms with Gasteiger partial charge in [0, 0.05) is 12.4 Å². The maximum Gasteiger partial charge on any atom is 0.310 e. The highest BCUT2D eigenvalue weighted by molar-refractivity contribution is 5.75. The Hall–Kier alpha value is -1.38. The van der Waals surface area contributed by atoms with Gasteiger partial charge in [0.2, 0.25) is 0 Å². The average molecular weight is 193 g/mol. The summed E-state index contributed by atoms with van der Waals surface area (Å²) in [4.78, 5) is 14.9. The summed E-state index contributed by atoms with van der Waals surface area (Å²) < 4.78 is 0. The van der Waals surface area contributed by atoms with Gasteiger partial charge in [-0.15, -0.1) is 0 Å². The van der Waals surface area contributed by atoms with Crippen LogP contribution in [0.1, 0.15) is 37.7 Å². The summed E-state index contributed by atoms with van der Waals surface area (Å²) in [6.07, 6.45) is 5.94. The molecule has 0 aliphatic heterocycles. The quantitative estimate of drug-likeness (QED) is 0.781. The molecule has 0 aromatic carbocycles. The number of carbonyl (C=O) groups is 1. The van der Waals surface area contributed by atoms with E-state index in [9.17, 15) is 4.79 Å². The van der Waals surface area contributed by atoms with Crippen LogP contribution in [0.25, 0.3) is 0 Å². The van der Waals surface area contributed by atoms with Gasteiger partial charge in [-0.2, -0.15) is 0 Å². The number of hydrogen-bond acceptors (Lipinski definition) is 2. The summed E-state index contributed by atoms with van der Waals surface area (Å²) in [5.74, 6) is -1.12. The predicted octanol–water partition coefficient (Wildman–Crippen LogP) is 2.44. The number of carboxylic acids is 1. The van der Waals surface area contributed by atoms with Crippen LogP contribution in [-0.2, 0) is 4.79 Å². The van der Waals surface area contributed by atoms with Crippen molar-refractivity contribution >= 4 is 5.97 Å². The first-order valence-electron chi connectivity index (χ1n) is 4.88. The first kappa shape index (κ1) is 10.7. The van der Waals surface area contributed by atoms with Crippen LogP contribution in [0.15, 0.2) is 24.5 Å². The lowest BCUT2D eigenvalue weighted by Gasteiger charge is -2.11. The molecule has 0 aliphatic carbocycles. The van der Waals surface area contributed by atoms with E-state index in [1.807, 2.05) is 0 Å². The molecule has 3 nitrogen and oxygen atoms in total. The standard InChI is InChI=1S/C11H15NO2/c1-2-3-4-10(11(13)14)9-5-7-12-8-6-9/h5-8,10H,2-4H2,1H3,(H,13,14). The van der Waals surface area contributed by atoms with Gasteiger partial charge in [0.05, 0.1) is 5.92 Å². The van der Waals surface area contributed by atoms with Gasteiger partial charge in [-0.05, 0) is 24.1 Å². The van der Waals surface area contributed by atoms with Gasteiger partial charge in [0.1, 0.15) is 0 Å². The molecular weight excluding hydrogens is 178 g/mol. The number of aliphatic carboxylic acids is 1. The highest BCUT2D eigenvalue weighted by atomic mass is 16.4. The van der Waals surface area contributed by atoms with Gasteiger partial charge in [-0.1, -0.05) is 19.8 Å². The van der Waals surface area contributed by atoms with E-state index in [2.05, 4.69) is 11.9 Å². The maximum atomic E-state index is 11.0. The molecule has 1 atom stereocenters. The zero-order chi connectivity index (χ0) is 10.4. The van der Waals surface area contributed by atoms with Crippen molar-refractivity contribution in [2.45, 2.75) is 32.1 Å². The van der Waals surface area contributed by atoms with E-state index in [-0.39, 0.29) is 5.92 Å². The monoisotopic (exact) mass is 193 g/mol. The Labute approximate surface area is 83.8 Å². The highest BCUT2D eigenvalue weighted by Gasteiger charge is 2.18. The zero-order valence-corrected chi connectivity index (χ0v) is 8.31. The van der Waals surface area contributed by atoms with Crippen molar-refractivity contribution in [1.29, 1.82) is 0 Å². The van der Waals surface area contributed by atoms with Crippen LogP contribution in [0.2, 0.25) is 0 Å². The van der Waals surface area contributed by atoms with E-state index in [1.54, 1.807) is 24.5 Å². The summed E-state index contributed by atoms with van der Waals surface area (Å²) in [6, 6.07) is 3.54. The molecule has 0 aliphatic rings. The number of hydrogen-bond donors (Lipinski definition) is 1. The van der Waals surface area contributed by atoms with E-state index >= 15 is 0 Å². The maximum absolute atomic E-state index is 11.0. The van der Waals surface area contributed by atoms with E-state index in [1.165, 1.54) is 0 Å². The fraction of sp³-hybridized carbons (Fsp3) is 0.455. The van der Waals surface area contributed by atoms with Crippen LogP contribution in [0, 0.1) is 0 Å². The molecule has 1 rings (SSSR count). The lowest BCUT2D eigenvalue weighted by Crippen LogP contribution is -2.11. The molecule has 76 valence electrons. The Bertz CT molecular complexity index is 285. The average Bonchev–Trinajstić information content (AvgIpc) is 2.19. The highest BCUT2D eigenvalue weighted by Crippen LogP contribution is 2.21. The molecule has 1 aromatic heterocycles. The minimum Gasteiger partial charge on any atom is -0.481 e. The molecule has 1 unspecified atom stereocenters. The van der Waals surface area contributed by atoms with E-state index in [0.717, 1.165) is 18.4 Å². The smallest absolute Gasteiger partial charge is 0.310 e. The van der Waals surface area contributed by atoms with E-state index in [0.29, 0.717) is 6.42 Å². The number of aromatic nitrogens is 1. The number of rotatable bonds is 5. The van der Waals surface area contributed by atoms with Crippen molar-refractivity contribution < 1.29 is 9.90 Å². The van der Waals surface area contributed by atoms with Gasteiger partial charge in [-0.3, -0.25) is 9.78 Å². The topological polar surface area (TPSA) is 50.2 Å². The van der Waals surface area contributed by atoms with Gasteiger partial charge in [0.25, 0.3) is 0 Å². The normalized spacial score (nSPS) is 12.4. The largest absolute Gasteiger partial charge is 0.481 e. The number of unbranched alkanes of at least 4 members (excludes halogenated alkanes) is 1. The molecule has 0 radical (unpaired) electrons. The van der Waals surface area contributed by atoms with Crippen LogP contribution in [0.3, 0.4) is 0 Å². The predicted molar refractivity (Wildman–Crippen MR) is 54.1 cm³/mol. The van der Waals surface area contributed by atoms with Crippen molar-refractivity contribution in [3.05, 3.63) is 30.1 Å². The lowest BCUT2D eigenvalue weighted by atomic mass is 9.95. The van der Waals surface area contributed by atoms with Gasteiger partial charge < -0.3 is 5.11 Å². The third-order valence-corrected chi connectivity index (χ3v) is 2.25. The Morgan fingerprint density at radius 2 is 2.14 bits per heavy atom. The summed E-state index contributed by atoms with van der Waals surface area (Å²) >= 11 is 0. The van der Waals surface area contributed by atoms with Crippen LogP contribution in [-0.4, -0.2) is 16.1 Å². The Morgan fingerprint density at radius 1 is 1.50 bits per heavy atom. The molecule has 1 N–H and O–H groups in total. The summed E-state index contributed by atoms with van der Waals surface area (Å²) in [7, 11) is 0. The number of carboxylic acid groups (broad SMARTS) is 1. The third-order valence-electron chi connectivity index (χ3n) is 2.25. The van der Waals surface area contributed by atoms with Crippen LogP contribution >= 0.6 is 0 Å². The Kier molecular flexibility index (Phi) is 4.11. The van der Waals surface area contributed by atoms with E-state index < -0.39 is 5.97 Å². The van der Waals surface area contributed by atoms with Gasteiger partial charge in [0.15, 0.2) is 0 Å². The second-order valence-corrected chi connectivity index (χ2v) is 3.31. The SMILES string of the molecule is CCCCC(C(=O)O)c1ccncc1. The zero-order valence-electron chi connectivity index (χ0n) is 8.31. The molecule has 1 heterocycles. The van der Waals surface area contributed by atoms with Crippen molar-refractivity contribution in [3.63, 3.8) is 0 Å². The molecule has 14 heavy (non-hydrogen) atoms. The molecule has 0 amide bonds. The molecule has 0 saturated heterocycles. The lowest BCUT2D eigenvalue weighted by molar-refractivity contribution is -0.139. The van der Waals surface area contributed by atoms with Crippen LogP contribution < -0.4 is 0 Å². The number of nitrogens with zero attached hydrogens (tertiary/aromatic N) is 1. The fourth-order valence-electron chi connectivity index (χ4n) is 1.44. The first-order valence-corrected chi connectivity index (χ1v) is 4.88. The molecule has 3 heteroatoms. The summed E-state index contributed by atoms with van der Waals surface area (Å²) in [5, 5.41) is 9.03. The molecular formula is C11H15NO2. The molecule has 0 saturated carbocycles. The minimum atomic E-state index is -0.746. The van der Waals surface area contributed by atoms with Crippen molar-refractivity contribution in [2.24, 2.45) is 0 Å². The van der Waals surface area contributed by atoms with Crippen LogP contribution in [0.5, 0.6) is 0 Å². The Balaban J connectivity index is 2.73. The Morgan fingerprint density at radius 3 is 2.64 bits per heavy atom. The molecule has 0 spiro atoms. The van der Waals surface area contributed by atoms with Crippen molar-refractivity contribution in [1.82, 2.24) is 4.98 Å². The van der Waals surface area contributed by atoms with Crippen molar-refractivity contribution in [2.75, 3.05) is 0 Å². The minimum absolute atomic E-state index is 0.377. The second-order valence-electron chi connectivity index (χ2n) is 3.31. The fourth-order valence-corrected chi connectivity index (χ4v) is 1.44. The third kappa shape index (κ3) is 2.83. The summed E-state index contributed by atoms with van der Waals surface area (Å²) in [5.41, 5.74) is 0.848. The van der Waals surface area contributed by atoms with Crippen LogP contribution in [0.4, 0.5) is 0 Å². The first-order chi connectivity index (χ1) is 6.75. The summed E-state index contributed by atoms with van der Waals surface area (Å²) in [6.45, 7) is 2.06. The molecule has 1 aromatic rings. The second kappa shape index (κ2) is 5.37. The molecule has 0 fully saturated rings. The van der Waals surface area contributed by atoms with Gasteiger partial charge in [-0.25, -0.2) is 0 Å². The van der Waals surface area contributed by atoms with E-state index in [4.69, 9.17) is 5.11 Å². The molecule has 0 bridgehead atoms. The van der Waals surface area contributed by atoms with Crippen molar-refractivity contribution in [3.8, 4) is 0 Å².